The number of hydrogen-bond donors (Lipinski definition) is 1. The minimum Gasteiger partial charge on any atom is -0.368 e. The second-order valence-corrected chi connectivity index (χ2v) is 6.33. The minimum absolute atomic E-state index is 0.0150. The number of piperazine rings is 1. The van der Waals surface area contributed by atoms with Gasteiger partial charge in [-0.2, -0.15) is 4.98 Å². The lowest BCUT2D eigenvalue weighted by Crippen LogP contribution is -2.56. The van der Waals surface area contributed by atoms with Crippen LogP contribution in [0.2, 0.25) is 0 Å². The largest absolute Gasteiger partial charge is 0.368 e. The van der Waals surface area contributed by atoms with E-state index in [1.54, 1.807) is 17.2 Å². The highest BCUT2D eigenvalue weighted by Gasteiger charge is 2.64. The van der Waals surface area contributed by atoms with Gasteiger partial charge in [-0.1, -0.05) is 0 Å². The molecular formula is C14H17F2N5O. The topological polar surface area (TPSA) is 75.3 Å². The van der Waals surface area contributed by atoms with E-state index in [1.807, 2.05) is 0 Å². The summed E-state index contributed by atoms with van der Waals surface area (Å²) in [5, 5.41) is 0. The molecule has 2 saturated heterocycles. The standard InChI is InChI=1S/C14H17F2N5O/c15-14(16)5-10(14)12(22)21-8-1-2-9(21)7-20(6-8)11-3-4-18-13(17)19-11/h3-4,8-10H,1-2,5-7H2,(H2,17,18,19)/t8-,9+,10-/m1/s1. The van der Waals surface area contributed by atoms with Crippen LogP contribution >= 0.6 is 0 Å². The van der Waals surface area contributed by atoms with Crippen LogP contribution in [0.5, 0.6) is 0 Å². The van der Waals surface area contributed by atoms with Crippen molar-refractivity contribution in [2.45, 2.75) is 37.3 Å². The van der Waals surface area contributed by atoms with Gasteiger partial charge >= 0.3 is 0 Å². The lowest BCUT2D eigenvalue weighted by Gasteiger charge is -2.41. The van der Waals surface area contributed by atoms with Gasteiger partial charge in [0.25, 0.3) is 5.92 Å². The molecule has 0 unspecified atom stereocenters. The van der Waals surface area contributed by atoms with Crippen molar-refractivity contribution in [1.82, 2.24) is 14.9 Å². The molecule has 3 atom stereocenters. The first kappa shape index (κ1) is 13.7. The third-order valence-electron chi connectivity index (χ3n) is 4.84. The van der Waals surface area contributed by atoms with Crippen molar-refractivity contribution in [3.63, 3.8) is 0 Å². The predicted molar refractivity (Wildman–Crippen MR) is 75.4 cm³/mol. The Labute approximate surface area is 126 Å². The van der Waals surface area contributed by atoms with E-state index in [4.69, 9.17) is 5.73 Å². The van der Waals surface area contributed by atoms with Gasteiger partial charge in [-0.05, 0) is 18.9 Å². The Kier molecular flexibility index (Phi) is 2.79. The highest BCUT2D eigenvalue weighted by atomic mass is 19.3. The number of hydrogen-bond acceptors (Lipinski definition) is 5. The normalized spacial score (nSPS) is 32.2. The summed E-state index contributed by atoms with van der Waals surface area (Å²) >= 11 is 0. The number of carbonyl (C=O) groups excluding carboxylic acids is 1. The molecule has 8 heteroatoms. The van der Waals surface area contributed by atoms with Crippen molar-refractivity contribution < 1.29 is 13.6 Å². The Morgan fingerprint density at radius 3 is 2.50 bits per heavy atom. The van der Waals surface area contributed by atoms with E-state index in [0.717, 1.165) is 18.7 Å². The van der Waals surface area contributed by atoms with Gasteiger partial charge < -0.3 is 15.5 Å². The Morgan fingerprint density at radius 2 is 1.95 bits per heavy atom. The summed E-state index contributed by atoms with van der Waals surface area (Å²) in [7, 11) is 0. The molecule has 2 aliphatic heterocycles. The zero-order valence-electron chi connectivity index (χ0n) is 12.0. The Morgan fingerprint density at radius 1 is 1.32 bits per heavy atom. The number of rotatable bonds is 2. The van der Waals surface area contributed by atoms with E-state index in [-0.39, 0.29) is 30.4 Å². The van der Waals surface area contributed by atoms with E-state index < -0.39 is 11.8 Å². The molecule has 0 spiro atoms. The van der Waals surface area contributed by atoms with E-state index >= 15 is 0 Å². The number of nitrogens with zero attached hydrogens (tertiary/aromatic N) is 4. The van der Waals surface area contributed by atoms with Crippen molar-refractivity contribution >= 4 is 17.7 Å². The van der Waals surface area contributed by atoms with Gasteiger partial charge in [0.05, 0.1) is 0 Å². The van der Waals surface area contributed by atoms with E-state index in [1.165, 1.54) is 0 Å². The van der Waals surface area contributed by atoms with Gasteiger partial charge in [0.1, 0.15) is 11.7 Å². The molecule has 3 fully saturated rings. The molecular weight excluding hydrogens is 292 g/mol. The lowest BCUT2D eigenvalue weighted by atomic mass is 10.1. The van der Waals surface area contributed by atoms with Crippen molar-refractivity contribution in [2.75, 3.05) is 23.7 Å². The van der Waals surface area contributed by atoms with Gasteiger partial charge in [0, 0.05) is 37.8 Å². The lowest BCUT2D eigenvalue weighted by molar-refractivity contribution is -0.138. The molecule has 1 aliphatic carbocycles. The summed E-state index contributed by atoms with van der Waals surface area (Å²) in [6, 6.07) is 1.75. The number of halogens is 2. The Balaban J connectivity index is 1.51. The number of carbonyl (C=O) groups is 1. The monoisotopic (exact) mass is 309 g/mol. The van der Waals surface area contributed by atoms with Crippen LogP contribution in [0.1, 0.15) is 19.3 Å². The molecule has 4 rings (SSSR count). The average molecular weight is 309 g/mol. The Hall–Kier alpha value is -1.99. The fourth-order valence-corrected chi connectivity index (χ4v) is 3.65. The van der Waals surface area contributed by atoms with Crippen molar-refractivity contribution in [2.24, 2.45) is 5.92 Å². The molecule has 2 N–H and O–H groups in total. The van der Waals surface area contributed by atoms with Crippen LogP contribution in [-0.4, -0.2) is 51.9 Å². The summed E-state index contributed by atoms with van der Waals surface area (Å²) in [5.74, 6) is -3.33. The third-order valence-corrected chi connectivity index (χ3v) is 4.84. The maximum atomic E-state index is 13.2. The third kappa shape index (κ3) is 2.08. The van der Waals surface area contributed by atoms with Crippen LogP contribution in [0.25, 0.3) is 0 Å². The highest BCUT2D eigenvalue weighted by Crippen LogP contribution is 2.51. The van der Waals surface area contributed by atoms with Crippen molar-refractivity contribution in [3.8, 4) is 0 Å². The number of nitrogen functional groups attached to an aromatic ring is 1. The van der Waals surface area contributed by atoms with Crippen LogP contribution < -0.4 is 10.6 Å². The van der Waals surface area contributed by atoms with Crippen LogP contribution in [0.3, 0.4) is 0 Å². The van der Waals surface area contributed by atoms with Crippen molar-refractivity contribution in [3.05, 3.63) is 12.3 Å². The molecule has 3 heterocycles. The molecule has 1 aromatic rings. The first-order valence-electron chi connectivity index (χ1n) is 7.49. The Bertz CT molecular complexity index is 611. The second kappa shape index (κ2) is 4.50. The van der Waals surface area contributed by atoms with Gasteiger partial charge in [-0.3, -0.25) is 4.79 Å². The van der Waals surface area contributed by atoms with E-state index in [9.17, 15) is 13.6 Å². The van der Waals surface area contributed by atoms with Crippen LogP contribution in [0.4, 0.5) is 20.5 Å². The first-order chi connectivity index (χ1) is 10.5. The number of anilines is 2. The molecule has 118 valence electrons. The second-order valence-electron chi connectivity index (χ2n) is 6.33. The maximum absolute atomic E-state index is 13.2. The van der Waals surface area contributed by atoms with Crippen LogP contribution in [-0.2, 0) is 4.79 Å². The summed E-state index contributed by atoms with van der Waals surface area (Å²) in [6.07, 6.45) is 3.01. The molecule has 2 bridgehead atoms. The van der Waals surface area contributed by atoms with Gasteiger partial charge in [0.15, 0.2) is 0 Å². The van der Waals surface area contributed by atoms with E-state index in [0.29, 0.717) is 13.1 Å². The summed E-state index contributed by atoms with van der Waals surface area (Å²) in [4.78, 5) is 24.2. The quantitative estimate of drug-likeness (QED) is 0.878. The van der Waals surface area contributed by atoms with E-state index in [2.05, 4.69) is 14.9 Å². The predicted octanol–water partition coefficient (Wildman–Crippen LogP) is 0.894. The summed E-state index contributed by atoms with van der Waals surface area (Å²) in [5.41, 5.74) is 5.61. The zero-order chi connectivity index (χ0) is 15.5. The summed E-state index contributed by atoms with van der Waals surface area (Å²) < 4.78 is 26.3. The molecule has 0 radical (unpaired) electrons. The molecule has 1 aromatic heterocycles. The maximum Gasteiger partial charge on any atom is 0.260 e. The van der Waals surface area contributed by atoms with Gasteiger partial charge in [-0.15, -0.1) is 0 Å². The number of alkyl halides is 2. The van der Waals surface area contributed by atoms with Crippen molar-refractivity contribution in [1.29, 1.82) is 0 Å². The first-order valence-corrected chi connectivity index (χ1v) is 7.49. The minimum atomic E-state index is -2.80. The molecule has 1 amide bonds. The number of aromatic nitrogens is 2. The smallest absolute Gasteiger partial charge is 0.260 e. The number of nitrogens with two attached hydrogens (primary N) is 1. The molecule has 0 aromatic carbocycles. The zero-order valence-corrected chi connectivity index (χ0v) is 12.0. The summed E-state index contributed by atoms with van der Waals surface area (Å²) in [6.45, 7) is 1.22. The fourth-order valence-electron chi connectivity index (χ4n) is 3.65. The average Bonchev–Trinajstić information content (AvgIpc) is 3.04. The van der Waals surface area contributed by atoms with Crippen LogP contribution in [0.15, 0.2) is 12.3 Å². The molecule has 3 aliphatic rings. The van der Waals surface area contributed by atoms with Gasteiger partial charge in [-0.25, -0.2) is 13.8 Å². The highest BCUT2D eigenvalue weighted by molar-refractivity contribution is 5.84. The number of amides is 1. The SMILES string of the molecule is Nc1nccc(N2C[C@H]3CC[C@@H](C2)N3C(=O)[C@H]2CC2(F)F)n1. The fraction of sp³-hybridized carbons (Fsp3) is 0.643. The van der Waals surface area contributed by atoms with Crippen LogP contribution in [0, 0.1) is 5.92 Å². The molecule has 6 nitrogen and oxygen atoms in total. The number of fused-ring (bicyclic) bond motifs is 2. The molecule has 1 saturated carbocycles. The molecule has 22 heavy (non-hydrogen) atoms. The van der Waals surface area contributed by atoms with Gasteiger partial charge in [0.2, 0.25) is 11.9 Å².